The van der Waals surface area contributed by atoms with Gasteiger partial charge in [-0.1, -0.05) is 30.3 Å². The number of hydrogen-bond donors (Lipinski definition) is 1. The average Bonchev–Trinajstić information content (AvgIpc) is 3.08. The number of carbonyl (C=O) groups is 3. The van der Waals surface area contributed by atoms with E-state index in [-0.39, 0.29) is 26.3 Å². The molecule has 2 atom stereocenters. The van der Waals surface area contributed by atoms with Crippen molar-refractivity contribution in [2.75, 3.05) is 19.7 Å². The van der Waals surface area contributed by atoms with E-state index in [1.54, 1.807) is 41.5 Å². The van der Waals surface area contributed by atoms with E-state index in [0.29, 0.717) is 0 Å². The second-order valence-electron chi connectivity index (χ2n) is 9.79. The van der Waals surface area contributed by atoms with Crippen LogP contribution in [0.3, 0.4) is 0 Å². The highest BCUT2D eigenvalue weighted by molar-refractivity contribution is 5.89. The largest absolute Gasteiger partial charge is 0.445 e. The van der Waals surface area contributed by atoms with E-state index in [4.69, 9.17) is 14.2 Å². The lowest BCUT2D eigenvalue weighted by Gasteiger charge is -2.33. The number of aliphatic hydroxyl groups excluding tert-OH is 1. The molecule has 1 heterocycles. The van der Waals surface area contributed by atoms with Gasteiger partial charge in [-0.3, -0.25) is 0 Å². The molecule has 9 heteroatoms. The lowest BCUT2D eigenvalue weighted by atomic mass is 10.0. The van der Waals surface area contributed by atoms with Gasteiger partial charge in [-0.25, -0.2) is 19.3 Å². The van der Waals surface area contributed by atoms with Gasteiger partial charge >= 0.3 is 18.3 Å². The number of aliphatic hydroxyl groups is 1. The Hall–Kier alpha value is -2.81. The molecule has 0 spiro atoms. The Bertz CT molecular complexity index is 771. The molecule has 2 unspecified atom stereocenters. The molecule has 0 radical (unpaired) electrons. The quantitative estimate of drug-likeness (QED) is 0.696. The van der Waals surface area contributed by atoms with Crippen LogP contribution in [-0.2, 0) is 20.8 Å². The van der Waals surface area contributed by atoms with Crippen LogP contribution in [-0.4, -0.2) is 70.1 Å². The van der Waals surface area contributed by atoms with Crippen LogP contribution < -0.4 is 0 Å². The van der Waals surface area contributed by atoms with Crippen molar-refractivity contribution in [2.45, 2.75) is 65.4 Å². The number of hydrogen-bond acceptors (Lipinski definition) is 7. The molecule has 3 amide bonds. The molecule has 0 aliphatic carbocycles. The minimum Gasteiger partial charge on any atom is -0.445 e. The van der Waals surface area contributed by atoms with E-state index in [1.165, 1.54) is 4.90 Å². The fourth-order valence-corrected chi connectivity index (χ4v) is 3.25. The van der Waals surface area contributed by atoms with Gasteiger partial charge in [0.2, 0.25) is 0 Å². The van der Waals surface area contributed by atoms with Crippen LogP contribution in [0.2, 0.25) is 0 Å². The maximum atomic E-state index is 12.9. The molecule has 1 aromatic carbocycles. The van der Waals surface area contributed by atoms with Gasteiger partial charge in [0.05, 0.1) is 6.04 Å². The minimum absolute atomic E-state index is 0.00264. The molecule has 1 aromatic rings. The number of likely N-dealkylation sites (tertiary alicyclic amines) is 1. The summed E-state index contributed by atoms with van der Waals surface area (Å²) in [5.74, 6) is -0.570. The molecule has 1 N–H and O–H groups in total. The first kappa shape index (κ1) is 25.5. The standard InChI is InChI=1S/C23H34N2O7/c1-22(2,3)31-20(28)25(21(29)32-23(4,5)6)18-13-24(12-17(18)14-26)19(27)30-15-16-10-8-7-9-11-16/h7-11,17-18,26H,12-15H2,1-6H3. The Morgan fingerprint density at radius 2 is 1.50 bits per heavy atom. The van der Waals surface area contributed by atoms with Crippen molar-refractivity contribution in [2.24, 2.45) is 5.92 Å². The van der Waals surface area contributed by atoms with Gasteiger partial charge in [0.15, 0.2) is 0 Å². The summed E-state index contributed by atoms with van der Waals surface area (Å²) >= 11 is 0. The predicted molar refractivity (Wildman–Crippen MR) is 117 cm³/mol. The molecule has 1 aliphatic heterocycles. The Balaban J connectivity index is 2.18. The normalized spacial score (nSPS) is 18.8. The van der Waals surface area contributed by atoms with Gasteiger partial charge < -0.3 is 24.2 Å². The highest BCUT2D eigenvalue weighted by Gasteiger charge is 2.46. The average molecular weight is 451 g/mol. The number of amides is 3. The van der Waals surface area contributed by atoms with E-state index in [9.17, 15) is 19.5 Å². The molecule has 9 nitrogen and oxygen atoms in total. The highest BCUT2D eigenvalue weighted by atomic mass is 16.6. The van der Waals surface area contributed by atoms with Crippen LogP contribution in [0.5, 0.6) is 0 Å². The molecule has 178 valence electrons. The lowest BCUT2D eigenvalue weighted by molar-refractivity contribution is -0.0119. The topological polar surface area (TPSA) is 106 Å². The Morgan fingerprint density at radius 3 is 1.97 bits per heavy atom. The summed E-state index contributed by atoms with van der Waals surface area (Å²) in [5, 5.41) is 9.91. The fourth-order valence-electron chi connectivity index (χ4n) is 3.25. The zero-order valence-corrected chi connectivity index (χ0v) is 19.7. The number of ether oxygens (including phenoxy) is 3. The Kier molecular flexibility index (Phi) is 8.12. The summed E-state index contributed by atoms with van der Waals surface area (Å²) in [7, 11) is 0. The van der Waals surface area contributed by atoms with Gasteiger partial charge in [0.1, 0.15) is 17.8 Å². The van der Waals surface area contributed by atoms with Crippen LogP contribution in [0.15, 0.2) is 30.3 Å². The summed E-state index contributed by atoms with van der Waals surface area (Å²) in [6, 6.07) is 8.40. The van der Waals surface area contributed by atoms with Crippen molar-refractivity contribution in [1.29, 1.82) is 0 Å². The maximum Gasteiger partial charge on any atom is 0.420 e. The van der Waals surface area contributed by atoms with Crippen molar-refractivity contribution in [3.8, 4) is 0 Å². The molecule has 0 saturated carbocycles. The second kappa shape index (κ2) is 10.2. The fraction of sp³-hybridized carbons (Fsp3) is 0.609. The number of nitrogens with zero attached hydrogens (tertiary/aromatic N) is 2. The van der Waals surface area contributed by atoms with Gasteiger partial charge in [0, 0.05) is 25.6 Å². The zero-order valence-electron chi connectivity index (χ0n) is 19.7. The van der Waals surface area contributed by atoms with Gasteiger partial charge in [-0.15, -0.1) is 0 Å². The predicted octanol–water partition coefficient (Wildman–Crippen LogP) is 3.79. The van der Waals surface area contributed by atoms with Crippen molar-refractivity contribution in [1.82, 2.24) is 9.80 Å². The molecule has 0 aromatic heterocycles. The van der Waals surface area contributed by atoms with Crippen molar-refractivity contribution >= 4 is 18.3 Å². The summed E-state index contributed by atoms with van der Waals surface area (Å²) in [4.78, 5) is 40.7. The van der Waals surface area contributed by atoms with E-state index in [2.05, 4.69) is 0 Å². The molecule has 0 bridgehead atoms. The van der Waals surface area contributed by atoms with Gasteiger partial charge in [-0.05, 0) is 47.1 Å². The van der Waals surface area contributed by atoms with Crippen LogP contribution >= 0.6 is 0 Å². The van der Waals surface area contributed by atoms with Crippen LogP contribution in [0.1, 0.15) is 47.1 Å². The number of benzene rings is 1. The molecule has 2 rings (SSSR count). The van der Waals surface area contributed by atoms with Crippen molar-refractivity contribution in [3.05, 3.63) is 35.9 Å². The zero-order chi connectivity index (χ0) is 24.1. The second-order valence-corrected chi connectivity index (χ2v) is 9.79. The van der Waals surface area contributed by atoms with Gasteiger partial charge in [0.25, 0.3) is 0 Å². The Labute approximate surface area is 189 Å². The summed E-state index contributed by atoms with van der Waals surface area (Å²) < 4.78 is 16.2. The lowest BCUT2D eigenvalue weighted by Crippen LogP contribution is -2.52. The molecular formula is C23H34N2O7. The van der Waals surface area contributed by atoms with Crippen LogP contribution in [0.25, 0.3) is 0 Å². The van der Waals surface area contributed by atoms with Crippen molar-refractivity contribution < 1.29 is 33.7 Å². The molecule has 32 heavy (non-hydrogen) atoms. The third-order valence-corrected chi connectivity index (χ3v) is 4.62. The molecule has 1 fully saturated rings. The number of carbonyl (C=O) groups excluding carboxylic acids is 3. The first-order valence-electron chi connectivity index (χ1n) is 10.6. The van der Waals surface area contributed by atoms with E-state index < -0.39 is 41.4 Å². The summed E-state index contributed by atoms with van der Waals surface area (Å²) in [5.41, 5.74) is -0.864. The number of rotatable bonds is 4. The van der Waals surface area contributed by atoms with E-state index in [1.807, 2.05) is 30.3 Å². The van der Waals surface area contributed by atoms with E-state index in [0.717, 1.165) is 10.5 Å². The molecular weight excluding hydrogens is 416 g/mol. The molecule has 1 aliphatic rings. The van der Waals surface area contributed by atoms with E-state index >= 15 is 0 Å². The van der Waals surface area contributed by atoms with Crippen molar-refractivity contribution in [3.63, 3.8) is 0 Å². The third kappa shape index (κ3) is 7.40. The highest BCUT2D eigenvalue weighted by Crippen LogP contribution is 2.27. The van der Waals surface area contributed by atoms with Crippen LogP contribution in [0.4, 0.5) is 14.4 Å². The maximum absolute atomic E-state index is 12.9. The first-order chi connectivity index (χ1) is 14.8. The first-order valence-corrected chi connectivity index (χ1v) is 10.6. The van der Waals surface area contributed by atoms with Crippen LogP contribution in [0, 0.1) is 5.92 Å². The smallest absolute Gasteiger partial charge is 0.420 e. The SMILES string of the molecule is CC(C)(C)OC(=O)N(C(=O)OC(C)(C)C)C1CN(C(=O)OCc2ccccc2)CC1CO. The third-order valence-electron chi connectivity index (χ3n) is 4.62. The monoisotopic (exact) mass is 450 g/mol. The summed E-state index contributed by atoms with van der Waals surface area (Å²) in [6.07, 6.45) is -2.38. The molecule has 1 saturated heterocycles. The summed E-state index contributed by atoms with van der Waals surface area (Å²) in [6.45, 7) is 9.98. The number of imide groups is 1. The minimum atomic E-state index is -0.894. The Morgan fingerprint density at radius 1 is 0.969 bits per heavy atom. The van der Waals surface area contributed by atoms with Gasteiger partial charge in [-0.2, -0.15) is 0 Å².